The van der Waals surface area contributed by atoms with Gasteiger partial charge in [-0.15, -0.1) is 0 Å². The van der Waals surface area contributed by atoms with Crippen LogP contribution in [0.25, 0.3) is 11.0 Å². The number of carbonyl (C=O) groups excluding carboxylic acids is 1. The van der Waals surface area contributed by atoms with Crippen LogP contribution in [-0.4, -0.2) is 22.6 Å². The summed E-state index contributed by atoms with van der Waals surface area (Å²) in [4.78, 5) is 14.9. The molecule has 0 aliphatic rings. The maximum atomic E-state index is 13.1. The van der Waals surface area contributed by atoms with Crippen molar-refractivity contribution in [2.75, 3.05) is 7.11 Å². The van der Waals surface area contributed by atoms with Gasteiger partial charge in [0, 0.05) is 18.7 Å². The molecule has 0 amide bonds. The van der Waals surface area contributed by atoms with Crippen LogP contribution in [0.3, 0.4) is 0 Å². The van der Waals surface area contributed by atoms with Gasteiger partial charge in [0.2, 0.25) is 0 Å². The van der Waals surface area contributed by atoms with Crippen molar-refractivity contribution in [1.29, 1.82) is 0 Å². The van der Waals surface area contributed by atoms with E-state index in [1.54, 1.807) is 4.57 Å². The zero-order valence-corrected chi connectivity index (χ0v) is 9.11. The number of aryl methyl sites for hydroxylation is 1. The van der Waals surface area contributed by atoms with E-state index in [2.05, 4.69) is 9.72 Å². The summed E-state index contributed by atoms with van der Waals surface area (Å²) in [7, 11) is 1.30. The van der Waals surface area contributed by atoms with Crippen LogP contribution in [0.5, 0.6) is 0 Å². The molecule has 6 heteroatoms. The van der Waals surface area contributed by atoms with Gasteiger partial charge in [-0.25, -0.2) is 13.8 Å². The molecule has 1 aromatic carbocycles. The quantitative estimate of drug-likeness (QED) is 0.769. The van der Waals surface area contributed by atoms with Gasteiger partial charge < -0.3 is 9.30 Å². The largest absolute Gasteiger partial charge is 0.469 e. The lowest BCUT2D eigenvalue weighted by atomic mass is 10.3. The van der Waals surface area contributed by atoms with Crippen molar-refractivity contribution >= 4 is 17.0 Å². The van der Waals surface area contributed by atoms with Gasteiger partial charge in [-0.2, -0.15) is 0 Å². The maximum absolute atomic E-state index is 13.1. The lowest BCUT2D eigenvalue weighted by Crippen LogP contribution is -2.06. The second kappa shape index (κ2) is 4.48. The van der Waals surface area contributed by atoms with Crippen molar-refractivity contribution in [2.45, 2.75) is 13.0 Å². The Hall–Kier alpha value is -1.98. The molecule has 1 heterocycles. The average Bonchev–Trinajstić information content (AvgIpc) is 2.69. The van der Waals surface area contributed by atoms with E-state index >= 15 is 0 Å². The van der Waals surface area contributed by atoms with Crippen molar-refractivity contribution in [2.24, 2.45) is 0 Å². The van der Waals surface area contributed by atoms with Crippen LogP contribution in [0, 0.1) is 11.6 Å². The molecule has 0 aliphatic heterocycles. The van der Waals surface area contributed by atoms with Crippen LogP contribution >= 0.6 is 0 Å². The summed E-state index contributed by atoms with van der Waals surface area (Å²) < 4.78 is 32.1. The number of rotatable bonds is 3. The number of benzene rings is 1. The van der Waals surface area contributed by atoms with E-state index in [1.807, 2.05) is 0 Å². The summed E-state index contributed by atoms with van der Waals surface area (Å²) in [6.45, 7) is 0.314. The maximum Gasteiger partial charge on any atom is 0.307 e. The number of fused-ring (bicyclic) bond motifs is 1. The second-order valence-corrected chi connectivity index (χ2v) is 3.52. The number of nitrogens with zero attached hydrogens (tertiary/aromatic N) is 2. The minimum absolute atomic E-state index is 0.154. The molecule has 0 fully saturated rings. The monoisotopic (exact) mass is 240 g/mol. The molecule has 0 saturated heterocycles. The summed E-state index contributed by atoms with van der Waals surface area (Å²) >= 11 is 0. The van der Waals surface area contributed by atoms with Crippen LogP contribution in [-0.2, 0) is 16.1 Å². The van der Waals surface area contributed by atoms with E-state index in [-0.39, 0.29) is 12.4 Å². The fourth-order valence-corrected chi connectivity index (χ4v) is 1.55. The van der Waals surface area contributed by atoms with E-state index in [0.29, 0.717) is 17.6 Å². The van der Waals surface area contributed by atoms with Crippen molar-refractivity contribution in [3.05, 3.63) is 30.1 Å². The standard InChI is InChI=1S/C11H10F2N2O2/c1-17-11(16)2-3-15-6-14-9-4-7(12)8(13)5-10(9)15/h4-6H,2-3H2,1H3. The number of imidazole rings is 1. The number of ether oxygens (including phenoxy) is 1. The lowest BCUT2D eigenvalue weighted by Gasteiger charge is -2.03. The SMILES string of the molecule is COC(=O)CCn1cnc2cc(F)c(F)cc21. The van der Waals surface area contributed by atoms with Gasteiger partial charge in [0.1, 0.15) is 0 Å². The van der Waals surface area contributed by atoms with Gasteiger partial charge in [0.25, 0.3) is 0 Å². The molecule has 0 bridgehead atoms. The number of hydrogen-bond donors (Lipinski definition) is 0. The van der Waals surface area contributed by atoms with Crippen molar-refractivity contribution < 1.29 is 18.3 Å². The van der Waals surface area contributed by atoms with E-state index in [4.69, 9.17) is 0 Å². The highest BCUT2D eigenvalue weighted by Crippen LogP contribution is 2.17. The zero-order valence-electron chi connectivity index (χ0n) is 9.11. The normalized spacial score (nSPS) is 10.8. The molecule has 2 aromatic rings. The van der Waals surface area contributed by atoms with Gasteiger partial charge in [-0.05, 0) is 0 Å². The zero-order chi connectivity index (χ0) is 12.4. The Morgan fingerprint density at radius 2 is 2.12 bits per heavy atom. The van der Waals surface area contributed by atoms with E-state index in [1.165, 1.54) is 13.4 Å². The Kier molecular flexibility index (Phi) is 3.03. The molecule has 2 rings (SSSR count). The second-order valence-electron chi connectivity index (χ2n) is 3.52. The van der Waals surface area contributed by atoms with Gasteiger partial charge in [-0.1, -0.05) is 0 Å². The topological polar surface area (TPSA) is 44.1 Å². The minimum Gasteiger partial charge on any atom is -0.469 e. The fourth-order valence-electron chi connectivity index (χ4n) is 1.55. The highest BCUT2D eigenvalue weighted by atomic mass is 19.2. The first-order valence-corrected chi connectivity index (χ1v) is 4.98. The number of halogens is 2. The summed E-state index contributed by atoms with van der Waals surface area (Å²) in [5.41, 5.74) is 0.807. The molecule has 0 aliphatic carbocycles. The van der Waals surface area contributed by atoms with Crippen molar-refractivity contribution in [3.63, 3.8) is 0 Å². The predicted octanol–water partition coefficient (Wildman–Crippen LogP) is 1.88. The summed E-state index contributed by atoms with van der Waals surface area (Å²) in [6.07, 6.45) is 1.59. The lowest BCUT2D eigenvalue weighted by molar-refractivity contribution is -0.140. The molecule has 90 valence electrons. The van der Waals surface area contributed by atoms with Crippen molar-refractivity contribution in [1.82, 2.24) is 9.55 Å². The third-order valence-electron chi connectivity index (χ3n) is 2.45. The fraction of sp³-hybridized carbons (Fsp3) is 0.273. The van der Waals surface area contributed by atoms with Crippen LogP contribution in [0.1, 0.15) is 6.42 Å². The Bertz CT molecular complexity index is 566. The number of hydrogen-bond acceptors (Lipinski definition) is 3. The first-order valence-electron chi connectivity index (χ1n) is 4.98. The van der Waals surface area contributed by atoms with E-state index in [9.17, 15) is 13.6 Å². The third-order valence-corrected chi connectivity index (χ3v) is 2.45. The molecule has 4 nitrogen and oxygen atoms in total. The van der Waals surface area contributed by atoms with E-state index < -0.39 is 11.6 Å². The number of methoxy groups -OCH3 is 1. The first kappa shape index (κ1) is 11.5. The van der Waals surface area contributed by atoms with Gasteiger partial charge in [0.15, 0.2) is 11.6 Å². The molecule has 0 saturated carbocycles. The van der Waals surface area contributed by atoms with Crippen LogP contribution in [0.15, 0.2) is 18.5 Å². The molecule has 1 aromatic heterocycles. The molecule has 0 atom stereocenters. The predicted molar refractivity (Wildman–Crippen MR) is 56.3 cm³/mol. The molecular weight excluding hydrogens is 230 g/mol. The molecule has 0 spiro atoms. The Morgan fingerprint density at radius 3 is 2.82 bits per heavy atom. The summed E-state index contributed by atoms with van der Waals surface area (Å²) in [6, 6.07) is 2.09. The molecule has 0 radical (unpaired) electrons. The molecular formula is C11H10F2N2O2. The minimum atomic E-state index is -0.935. The highest BCUT2D eigenvalue weighted by molar-refractivity contribution is 5.76. The Balaban J connectivity index is 2.29. The number of esters is 1. The molecule has 0 N–H and O–H groups in total. The van der Waals surface area contributed by atoms with Crippen LogP contribution in [0.2, 0.25) is 0 Å². The molecule has 0 unspecified atom stereocenters. The Labute approximate surface area is 95.8 Å². The molecule has 17 heavy (non-hydrogen) atoms. The highest BCUT2D eigenvalue weighted by Gasteiger charge is 2.10. The smallest absolute Gasteiger partial charge is 0.307 e. The van der Waals surface area contributed by atoms with Gasteiger partial charge in [0.05, 0.1) is 30.9 Å². The summed E-state index contributed by atoms with van der Waals surface area (Å²) in [5.74, 6) is -2.23. The van der Waals surface area contributed by atoms with Gasteiger partial charge in [-0.3, -0.25) is 4.79 Å². The summed E-state index contributed by atoms with van der Waals surface area (Å²) in [5, 5.41) is 0. The van der Waals surface area contributed by atoms with Gasteiger partial charge >= 0.3 is 5.97 Å². The Morgan fingerprint density at radius 1 is 1.41 bits per heavy atom. The van der Waals surface area contributed by atoms with Crippen LogP contribution < -0.4 is 0 Å². The number of carbonyl (C=O) groups is 1. The average molecular weight is 240 g/mol. The van der Waals surface area contributed by atoms with E-state index in [0.717, 1.165) is 12.1 Å². The first-order chi connectivity index (χ1) is 8.11. The van der Waals surface area contributed by atoms with Crippen molar-refractivity contribution in [3.8, 4) is 0 Å². The number of aromatic nitrogens is 2. The van der Waals surface area contributed by atoms with Crippen LogP contribution in [0.4, 0.5) is 8.78 Å². The third kappa shape index (κ3) is 2.25.